The van der Waals surface area contributed by atoms with Gasteiger partial charge in [0.25, 0.3) is 0 Å². The van der Waals surface area contributed by atoms with E-state index in [-0.39, 0.29) is 17.8 Å². The second kappa shape index (κ2) is 7.40. The Morgan fingerprint density at radius 3 is 2.54 bits per heavy atom. The highest BCUT2D eigenvalue weighted by Gasteiger charge is 2.15. The molecule has 2 rings (SSSR count). The van der Waals surface area contributed by atoms with Gasteiger partial charge in [-0.3, -0.25) is 14.3 Å². The second-order valence-corrected chi connectivity index (χ2v) is 5.27. The smallest absolute Gasteiger partial charge is 0.335 e. The molecule has 1 heterocycles. The molecule has 0 radical (unpaired) electrons. The van der Waals surface area contributed by atoms with E-state index >= 15 is 0 Å². The first-order chi connectivity index (χ1) is 11.4. The number of rotatable bonds is 5. The van der Waals surface area contributed by atoms with Crippen molar-refractivity contribution in [3.05, 3.63) is 47.3 Å². The van der Waals surface area contributed by atoms with E-state index in [2.05, 4.69) is 15.7 Å². The third-order valence-electron chi connectivity index (χ3n) is 3.34. The number of aromatic nitrogens is 2. The summed E-state index contributed by atoms with van der Waals surface area (Å²) in [5.41, 5.74) is 1.85. The van der Waals surface area contributed by atoms with Crippen LogP contribution in [-0.4, -0.2) is 39.2 Å². The molecule has 126 valence electrons. The summed E-state index contributed by atoms with van der Waals surface area (Å²) in [5, 5.41) is 18.0. The topological polar surface area (TPSA) is 113 Å². The number of benzene rings is 1. The Morgan fingerprint density at radius 1 is 1.17 bits per heavy atom. The van der Waals surface area contributed by atoms with Gasteiger partial charge < -0.3 is 15.7 Å². The van der Waals surface area contributed by atoms with Gasteiger partial charge in [-0.15, -0.1) is 0 Å². The number of anilines is 1. The first-order valence-corrected chi connectivity index (χ1v) is 7.30. The molecule has 0 unspecified atom stereocenters. The fraction of sp³-hybridized carbons (Fsp3) is 0.250. The van der Waals surface area contributed by atoms with Gasteiger partial charge in [0.15, 0.2) is 0 Å². The molecule has 8 heteroatoms. The van der Waals surface area contributed by atoms with E-state index in [1.807, 2.05) is 13.0 Å². The number of carbonyl (C=O) groups is 3. The monoisotopic (exact) mass is 330 g/mol. The third kappa shape index (κ3) is 4.42. The maximum Gasteiger partial charge on any atom is 0.335 e. The molecule has 0 aliphatic carbocycles. The molecule has 0 saturated heterocycles. The third-order valence-corrected chi connectivity index (χ3v) is 3.34. The number of carbonyl (C=O) groups excluding carboxylic acids is 2. The van der Waals surface area contributed by atoms with Gasteiger partial charge >= 0.3 is 17.8 Å². The van der Waals surface area contributed by atoms with Crippen molar-refractivity contribution >= 4 is 23.5 Å². The highest BCUT2D eigenvalue weighted by Crippen LogP contribution is 2.16. The number of nitrogens with one attached hydrogen (secondary N) is 2. The number of hydrogen-bond donors (Lipinski definition) is 3. The van der Waals surface area contributed by atoms with Gasteiger partial charge in [-0.2, -0.15) is 5.10 Å². The SMILES string of the molecule is Cc1ccn(CCNC(=O)C(=O)Nc2cc(C(=O)O)ccc2C)n1. The zero-order chi connectivity index (χ0) is 17.7. The van der Waals surface area contributed by atoms with Crippen LogP contribution in [0.4, 0.5) is 5.69 Å². The highest BCUT2D eigenvalue weighted by molar-refractivity contribution is 6.39. The lowest BCUT2D eigenvalue weighted by atomic mass is 10.1. The van der Waals surface area contributed by atoms with Crippen molar-refractivity contribution in [2.24, 2.45) is 0 Å². The minimum absolute atomic E-state index is 0.0327. The number of nitrogens with zero attached hydrogens (tertiary/aromatic N) is 2. The summed E-state index contributed by atoms with van der Waals surface area (Å²) in [5.74, 6) is -2.75. The number of carboxylic acids is 1. The average Bonchev–Trinajstić information content (AvgIpc) is 2.94. The summed E-state index contributed by atoms with van der Waals surface area (Å²) in [7, 11) is 0. The summed E-state index contributed by atoms with van der Waals surface area (Å²) >= 11 is 0. The van der Waals surface area contributed by atoms with Gasteiger partial charge in [0.05, 0.1) is 17.8 Å². The largest absolute Gasteiger partial charge is 0.478 e. The summed E-state index contributed by atoms with van der Waals surface area (Å²) in [6.45, 7) is 4.26. The molecule has 1 aromatic carbocycles. The number of aryl methyl sites for hydroxylation is 2. The average molecular weight is 330 g/mol. The lowest BCUT2D eigenvalue weighted by molar-refractivity contribution is -0.136. The minimum atomic E-state index is -1.11. The van der Waals surface area contributed by atoms with Crippen molar-refractivity contribution < 1.29 is 19.5 Å². The molecule has 0 spiro atoms. The predicted octanol–water partition coefficient (Wildman–Crippen LogP) is 0.953. The van der Waals surface area contributed by atoms with Crippen LogP contribution in [0.2, 0.25) is 0 Å². The maximum absolute atomic E-state index is 11.9. The highest BCUT2D eigenvalue weighted by atomic mass is 16.4. The van der Waals surface area contributed by atoms with Crippen LogP contribution in [0.15, 0.2) is 30.5 Å². The lowest BCUT2D eigenvalue weighted by Crippen LogP contribution is -2.37. The van der Waals surface area contributed by atoms with Crippen LogP contribution in [0.1, 0.15) is 21.6 Å². The molecule has 2 aromatic rings. The zero-order valence-electron chi connectivity index (χ0n) is 13.4. The molecule has 0 saturated carbocycles. The molecule has 0 bridgehead atoms. The summed E-state index contributed by atoms with van der Waals surface area (Å²) in [6.07, 6.45) is 1.78. The fourth-order valence-corrected chi connectivity index (χ4v) is 2.02. The molecule has 8 nitrogen and oxygen atoms in total. The Bertz CT molecular complexity index is 782. The molecule has 2 amide bonds. The maximum atomic E-state index is 11.9. The van der Waals surface area contributed by atoms with Crippen LogP contribution in [0.25, 0.3) is 0 Å². The minimum Gasteiger partial charge on any atom is -0.478 e. The lowest BCUT2D eigenvalue weighted by Gasteiger charge is -2.09. The fourth-order valence-electron chi connectivity index (χ4n) is 2.02. The van der Waals surface area contributed by atoms with Crippen molar-refractivity contribution in [1.82, 2.24) is 15.1 Å². The molecule has 24 heavy (non-hydrogen) atoms. The van der Waals surface area contributed by atoms with Crippen LogP contribution >= 0.6 is 0 Å². The Hall–Kier alpha value is -3.16. The Morgan fingerprint density at radius 2 is 1.92 bits per heavy atom. The standard InChI is InChI=1S/C16H18N4O4/c1-10-3-4-12(16(23)24)9-13(10)18-15(22)14(21)17-6-8-20-7-5-11(2)19-20/h3-5,7,9H,6,8H2,1-2H3,(H,17,21)(H,18,22)(H,23,24). The van der Waals surface area contributed by atoms with Crippen molar-refractivity contribution in [3.63, 3.8) is 0 Å². The summed E-state index contributed by atoms with van der Waals surface area (Å²) < 4.78 is 1.66. The number of hydrogen-bond acceptors (Lipinski definition) is 4. The predicted molar refractivity (Wildman–Crippen MR) is 86.7 cm³/mol. The van der Waals surface area contributed by atoms with Crippen molar-refractivity contribution in [2.75, 3.05) is 11.9 Å². The molecular formula is C16H18N4O4. The Labute approximate surface area is 138 Å². The van der Waals surface area contributed by atoms with Crippen LogP contribution < -0.4 is 10.6 Å². The molecule has 3 N–H and O–H groups in total. The van der Waals surface area contributed by atoms with E-state index in [0.717, 1.165) is 5.69 Å². The van der Waals surface area contributed by atoms with Crippen LogP contribution in [0, 0.1) is 13.8 Å². The van der Waals surface area contributed by atoms with E-state index < -0.39 is 17.8 Å². The van der Waals surface area contributed by atoms with Crippen molar-refractivity contribution in [1.29, 1.82) is 0 Å². The number of carboxylic acid groups (broad SMARTS) is 1. The van der Waals surface area contributed by atoms with Gasteiger partial charge in [0, 0.05) is 18.4 Å². The van der Waals surface area contributed by atoms with Gasteiger partial charge in [-0.25, -0.2) is 4.79 Å². The normalized spacial score (nSPS) is 10.2. The Balaban J connectivity index is 1.90. The quantitative estimate of drug-likeness (QED) is 0.707. The van der Waals surface area contributed by atoms with Gasteiger partial charge in [-0.1, -0.05) is 6.07 Å². The molecule has 0 atom stereocenters. The second-order valence-electron chi connectivity index (χ2n) is 5.27. The molecule has 1 aromatic heterocycles. The van der Waals surface area contributed by atoms with Crippen molar-refractivity contribution in [3.8, 4) is 0 Å². The summed E-state index contributed by atoms with van der Waals surface area (Å²) in [6, 6.07) is 6.15. The van der Waals surface area contributed by atoms with Gasteiger partial charge in [0.1, 0.15) is 0 Å². The van der Waals surface area contributed by atoms with E-state index in [9.17, 15) is 14.4 Å². The van der Waals surface area contributed by atoms with Crippen LogP contribution in [0.3, 0.4) is 0 Å². The van der Waals surface area contributed by atoms with Crippen LogP contribution in [0.5, 0.6) is 0 Å². The molecule has 0 aliphatic heterocycles. The molecule has 0 aliphatic rings. The Kier molecular flexibility index (Phi) is 5.31. The number of amides is 2. The zero-order valence-corrected chi connectivity index (χ0v) is 13.4. The first-order valence-electron chi connectivity index (χ1n) is 7.30. The van der Waals surface area contributed by atoms with E-state index in [1.165, 1.54) is 12.1 Å². The summed E-state index contributed by atoms with van der Waals surface area (Å²) in [4.78, 5) is 34.7. The van der Waals surface area contributed by atoms with Gasteiger partial charge in [0.2, 0.25) is 0 Å². The van der Waals surface area contributed by atoms with Crippen molar-refractivity contribution in [2.45, 2.75) is 20.4 Å². The van der Waals surface area contributed by atoms with E-state index in [0.29, 0.717) is 12.1 Å². The molecule has 0 fully saturated rings. The molecular weight excluding hydrogens is 312 g/mol. The first kappa shape index (κ1) is 17.2. The van der Waals surface area contributed by atoms with E-state index in [4.69, 9.17) is 5.11 Å². The number of aromatic carboxylic acids is 1. The van der Waals surface area contributed by atoms with Gasteiger partial charge in [-0.05, 0) is 37.6 Å². The van der Waals surface area contributed by atoms with E-state index in [1.54, 1.807) is 23.9 Å². The van der Waals surface area contributed by atoms with Crippen LogP contribution in [-0.2, 0) is 16.1 Å².